The molecule has 31 heavy (non-hydrogen) atoms. The van der Waals surface area contributed by atoms with E-state index in [0.717, 1.165) is 12.5 Å². The molecule has 0 aliphatic heterocycles. The van der Waals surface area contributed by atoms with Crippen molar-refractivity contribution in [3.8, 4) is 11.1 Å². The first-order chi connectivity index (χ1) is 15.3. The summed E-state index contributed by atoms with van der Waals surface area (Å²) < 4.78 is 1.82. The number of guanidine groups is 1. The number of nitrogens with zero attached hydrogens (tertiary/aromatic N) is 4. The molecule has 0 radical (unpaired) electrons. The second-order valence-electron chi connectivity index (χ2n) is 7.21. The molecule has 0 bridgehead atoms. The maximum atomic E-state index is 4.35. The van der Waals surface area contributed by atoms with Gasteiger partial charge in [-0.05, 0) is 27.8 Å². The van der Waals surface area contributed by atoms with Gasteiger partial charge in [-0.3, -0.25) is 4.99 Å². The maximum Gasteiger partial charge on any atom is 0.191 e. The summed E-state index contributed by atoms with van der Waals surface area (Å²) in [6.07, 6.45) is 3.29. The van der Waals surface area contributed by atoms with E-state index in [1.807, 2.05) is 22.9 Å². The van der Waals surface area contributed by atoms with E-state index in [0.29, 0.717) is 13.1 Å². The molecule has 0 fully saturated rings. The van der Waals surface area contributed by atoms with Crippen molar-refractivity contribution in [2.45, 2.75) is 19.6 Å². The van der Waals surface area contributed by atoms with Crippen LogP contribution < -0.4 is 10.6 Å². The molecular formula is C25H26N6. The molecule has 6 heteroatoms. The van der Waals surface area contributed by atoms with Crippen LogP contribution in [0.15, 0.2) is 96.5 Å². The van der Waals surface area contributed by atoms with Gasteiger partial charge in [0.05, 0.1) is 6.54 Å². The van der Waals surface area contributed by atoms with Gasteiger partial charge in [-0.15, -0.1) is 0 Å². The van der Waals surface area contributed by atoms with Crippen molar-refractivity contribution in [2.75, 3.05) is 7.05 Å². The van der Waals surface area contributed by atoms with Crippen molar-refractivity contribution in [2.24, 2.45) is 4.99 Å². The Morgan fingerprint density at radius 3 is 2.32 bits per heavy atom. The molecule has 0 amide bonds. The zero-order valence-corrected chi connectivity index (χ0v) is 17.6. The topological polar surface area (TPSA) is 67.1 Å². The summed E-state index contributed by atoms with van der Waals surface area (Å²) in [6, 6.07) is 27.4. The average molecular weight is 411 g/mol. The molecule has 0 saturated heterocycles. The Morgan fingerprint density at radius 1 is 0.839 bits per heavy atom. The Balaban J connectivity index is 1.41. The predicted octanol–water partition coefficient (Wildman–Crippen LogP) is 3.86. The number of rotatable bonds is 7. The molecule has 156 valence electrons. The Kier molecular flexibility index (Phi) is 6.70. The van der Waals surface area contributed by atoms with Crippen molar-refractivity contribution in [3.05, 3.63) is 108 Å². The maximum absolute atomic E-state index is 4.35. The van der Waals surface area contributed by atoms with Gasteiger partial charge in [-0.2, -0.15) is 5.10 Å². The Bertz CT molecular complexity index is 1100. The van der Waals surface area contributed by atoms with Crippen LogP contribution in [0, 0.1) is 0 Å². The second-order valence-corrected chi connectivity index (χ2v) is 7.21. The largest absolute Gasteiger partial charge is 0.352 e. The lowest BCUT2D eigenvalue weighted by molar-refractivity contribution is 0.685. The van der Waals surface area contributed by atoms with Gasteiger partial charge < -0.3 is 10.6 Å². The number of hydrogen-bond donors (Lipinski definition) is 2. The molecule has 6 nitrogen and oxygen atoms in total. The third kappa shape index (κ3) is 5.57. The molecule has 0 saturated carbocycles. The SMILES string of the molecule is CN=C(NCc1ccccc1)NCc1ccccc1-c1ccc(Cn2cncn2)cc1. The highest BCUT2D eigenvalue weighted by molar-refractivity contribution is 5.80. The van der Waals surface area contributed by atoms with E-state index in [4.69, 9.17) is 0 Å². The molecule has 0 aliphatic carbocycles. The van der Waals surface area contributed by atoms with Crippen LogP contribution >= 0.6 is 0 Å². The third-order valence-electron chi connectivity index (χ3n) is 5.07. The van der Waals surface area contributed by atoms with E-state index in [-0.39, 0.29) is 0 Å². The zero-order chi connectivity index (χ0) is 21.3. The summed E-state index contributed by atoms with van der Waals surface area (Å²) in [4.78, 5) is 8.35. The lowest BCUT2D eigenvalue weighted by Gasteiger charge is -2.15. The normalized spacial score (nSPS) is 11.3. The van der Waals surface area contributed by atoms with E-state index < -0.39 is 0 Å². The zero-order valence-electron chi connectivity index (χ0n) is 17.6. The lowest BCUT2D eigenvalue weighted by atomic mass is 9.98. The first-order valence-electron chi connectivity index (χ1n) is 10.3. The smallest absolute Gasteiger partial charge is 0.191 e. The van der Waals surface area contributed by atoms with Crippen LogP contribution in [-0.2, 0) is 19.6 Å². The summed E-state index contributed by atoms with van der Waals surface area (Å²) in [5.41, 5.74) is 6.02. The number of aliphatic imine (C=N–C) groups is 1. The molecule has 4 rings (SSSR count). The standard InChI is InChI=1S/C25H26N6/c1-26-25(28-15-20-7-3-2-4-8-20)29-16-23-9-5-6-10-24(23)22-13-11-21(12-14-22)17-31-19-27-18-30-31/h2-14,18-19H,15-17H2,1H3,(H2,26,28,29). The second kappa shape index (κ2) is 10.2. The first-order valence-corrected chi connectivity index (χ1v) is 10.3. The van der Waals surface area contributed by atoms with Crippen LogP contribution in [0.5, 0.6) is 0 Å². The summed E-state index contributed by atoms with van der Waals surface area (Å²) >= 11 is 0. The molecular weight excluding hydrogens is 384 g/mol. The molecule has 1 heterocycles. The highest BCUT2D eigenvalue weighted by atomic mass is 15.3. The van der Waals surface area contributed by atoms with Gasteiger partial charge in [0, 0.05) is 20.1 Å². The Morgan fingerprint density at radius 2 is 1.58 bits per heavy atom. The van der Waals surface area contributed by atoms with Crippen molar-refractivity contribution in [1.82, 2.24) is 25.4 Å². The molecule has 2 N–H and O–H groups in total. The fourth-order valence-corrected chi connectivity index (χ4v) is 3.43. The summed E-state index contributed by atoms with van der Waals surface area (Å²) in [5.74, 6) is 0.779. The Labute approximate surface area is 182 Å². The van der Waals surface area contributed by atoms with E-state index in [1.54, 1.807) is 19.7 Å². The summed E-state index contributed by atoms with van der Waals surface area (Å²) in [6.45, 7) is 2.13. The molecule has 3 aromatic carbocycles. The number of benzene rings is 3. The summed E-state index contributed by atoms with van der Waals surface area (Å²) in [7, 11) is 1.79. The highest BCUT2D eigenvalue weighted by Crippen LogP contribution is 2.24. The monoisotopic (exact) mass is 410 g/mol. The molecule has 0 spiro atoms. The predicted molar refractivity (Wildman–Crippen MR) is 124 cm³/mol. The molecule has 0 aliphatic rings. The van der Waals surface area contributed by atoms with Gasteiger partial charge in [0.2, 0.25) is 0 Å². The molecule has 0 unspecified atom stereocenters. The van der Waals surface area contributed by atoms with Crippen molar-refractivity contribution >= 4 is 5.96 Å². The van der Waals surface area contributed by atoms with E-state index in [1.165, 1.54) is 27.8 Å². The minimum atomic E-state index is 0.686. The first kappa shape index (κ1) is 20.3. The van der Waals surface area contributed by atoms with E-state index in [2.05, 4.69) is 86.4 Å². The minimum absolute atomic E-state index is 0.686. The van der Waals surface area contributed by atoms with Crippen molar-refractivity contribution in [1.29, 1.82) is 0 Å². The van der Waals surface area contributed by atoms with E-state index >= 15 is 0 Å². The quantitative estimate of drug-likeness (QED) is 0.359. The van der Waals surface area contributed by atoms with Gasteiger partial charge in [0.15, 0.2) is 5.96 Å². The number of nitrogens with one attached hydrogen (secondary N) is 2. The molecule has 0 atom stereocenters. The fraction of sp³-hybridized carbons (Fsp3) is 0.160. The number of hydrogen-bond acceptors (Lipinski definition) is 3. The van der Waals surface area contributed by atoms with Gasteiger partial charge >= 0.3 is 0 Å². The van der Waals surface area contributed by atoms with Gasteiger partial charge in [0.1, 0.15) is 12.7 Å². The van der Waals surface area contributed by atoms with Crippen LogP contribution in [0.3, 0.4) is 0 Å². The van der Waals surface area contributed by atoms with Crippen LogP contribution in [0.25, 0.3) is 11.1 Å². The summed E-state index contributed by atoms with van der Waals surface area (Å²) in [5, 5.41) is 11.0. The Hall–Kier alpha value is -3.93. The van der Waals surface area contributed by atoms with Crippen LogP contribution in [0.1, 0.15) is 16.7 Å². The molecule has 1 aromatic heterocycles. The van der Waals surface area contributed by atoms with Crippen molar-refractivity contribution < 1.29 is 0 Å². The van der Waals surface area contributed by atoms with Crippen LogP contribution in [-0.4, -0.2) is 27.8 Å². The van der Waals surface area contributed by atoms with Crippen molar-refractivity contribution in [3.63, 3.8) is 0 Å². The van der Waals surface area contributed by atoms with Crippen LogP contribution in [0.4, 0.5) is 0 Å². The lowest BCUT2D eigenvalue weighted by Crippen LogP contribution is -2.36. The average Bonchev–Trinajstić information content (AvgIpc) is 3.34. The minimum Gasteiger partial charge on any atom is -0.352 e. The van der Waals surface area contributed by atoms with Gasteiger partial charge in [-0.25, -0.2) is 9.67 Å². The van der Waals surface area contributed by atoms with Gasteiger partial charge in [-0.1, -0.05) is 78.9 Å². The number of aromatic nitrogens is 3. The fourth-order valence-electron chi connectivity index (χ4n) is 3.43. The van der Waals surface area contributed by atoms with E-state index in [9.17, 15) is 0 Å². The third-order valence-corrected chi connectivity index (χ3v) is 5.07. The highest BCUT2D eigenvalue weighted by Gasteiger charge is 2.07. The molecule has 4 aromatic rings. The van der Waals surface area contributed by atoms with Gasteiger partial charge in [0.25, 0.3) is 0 Å². The van der Waals surface area contributed by atoms with Crippen LogP contribution in [0.2, 0.25) is 0 Å².